The number of likely N-dealkylation sites (tertiary alicyclic amines) is 1. The lowest BCUT2D eigenvalue weighted by Crippen LogP contribution is -2.36. The van der Waals surface area contributed by atoms with E-state index in [2.05, 4.69) is 74.7 Å². The maximum absolute atomic E-state index is 4.59. The van der Waals surface area contributed by atoms with Crippen LogP contribution in [-0.2, 0) is 13.6 Å². The first-order valence-corrected chi connectivity index (χ1v) is 9.70. The number of aryl methyl sites for hydroxylation is 1. The molecule has 0 aliphatic carbocycles. The Labute approximate surface area is 153 Å². The zero-order valence-corrected chi connectivity index (χ0v) is 15.3. The Morgan fingerprint density at radius 2 is 2.12 bits per heavy atom. The fraction of sp³-hybridized carbons (Fsp3) is 0.350. The molecule has 3 aromatic rings. The highest BCUT2D eigenvalue weighted by atomic mass is 32.1. The Kier molecular flexibility index (Phi) is 4.97. The van der Waals surface area contributed by atoms with E-state index in [0.29, 0.717) is 6.04 Å². The average molecular weight is 353 g/mol. The first kappa shape index (κ1) is 16.5. The second-order valence-electron chi connectivity index (χ2n) is 6.72. The average Bonchev–Trinajstić information content (AvgIpc) is 3.36. The highest BCUT2D eigenvalue weighted by Gasteiger charge is 2.28. The molecule has 2 atom stereocenters. The third-order valence-corrected chi connectivity index (χ3v) is 5.81. The highest BCUT2D eigenvalue weighted by Crippen LogP contribution is 2.27. The molecule has 1 aliphatic rings. The second-order valence-corrected chi connectivity index (χ2v) is 7.70. The number of hydrogen-bond acceptors (Lipinski definition) is 4. The summed E-state index contributed by atoms with van der Waals surface area (Å²) in [5.41, 5.74) is 1.39. The van der Waals surface area contributed by atoms with E-state index in [4.69, 9.17) is 0 Å². The molecule has 1 N–H and O–H groups in total. The monoisotopic (exact) mass is 352 g/mol. The van der Waals surface area contributed by atoms with Crippen LogP contribution >= 0.6 is 11.3 Å². The molecule has 1 saturated heterocycles. The number of aromatic nitrogens is 2. The van der Waals surface area contributed by atoms with Gasteiger partial charge in [-0.3, -0.25) is 10.2 Å². The van der Waals surface area contributed by atoms with Gasteiger partial charge in [0.1, 0.15) is 11.9 Å². The van der Waals surface area contributed by atoms with Crippen LogP contribution in [-0.4, -0.2) is 33.6 Å². The molecule has 1 aromatic carbocycles. The van der Waals surface area contributed by atoms with Gasteiger partial charge in [-0.15, -0.1) is 11.3 Å². The van der Waals surface area contributed by atoms with Gasteiger partial charge in [-0.25, -0.2) is 4.98 Å². The van der Waals surface area contributed by atoms with Crippen molar-refractivity contribution in [1.82, 2.24) is 19.8 Å². The third kappa shape index (κ3) is 3.84. The molecule has 0 saturated carbocycles. The van der Waals surface area contributed by atoms with E-state index in [0.717, 1.165) is 25.5 Å². The van der Waals surface area contributed by atoms with Crippen LogP contribution in [0.5, 0.6) is 0 Å². The number of thiophene rings is 1. The van der Waals surface area contributed by atoms with Gasteiger partial charge in [-0.1, -0.05) is 36.4 Å². The number of imidazole rings is 1. The Hall–Kier alpha value is -1.95. The van der Waals surface area contributed by atoms with Crippen molar-refractivity contribution < 1.29 is 0 Å². The molecule has 4 nitrogen and oxygen atoms in total. The van der Waals surface area contributed by atoms with Gasteiger partial charge in [0.15, 0.2) is 0 Å². The van der Waals surface area contributed by atoms with Crippen molar-refractivity contribution in [2.24, 2.45) is 7.05 Å². The van der Waals surface area contributed by atoms with Crippen molar-refractivity contribution in [2.45, 2.75) is 25.0 Å². The molecule has 0 spiro atoms. The molecule has 2 aromatic heterocycles. The van der Waals surface area contributed by atoms with Gasteiger partial charge in [0.25, 0.3) is 0 Å². The number of benzene rings is 1. The topological polar surface area (TPSA) is 33.1 Å². The van der Waals surface area contributed by atoms with Crippen LogP contribution in [0.4, 0.5) is 0 Å². The van der Waals surface area contributed by atoms with Crippen molar-refractivity contribution in [3.8, 4) is 0 Å². The van der Waals surface area contributed by atoms with E-state index in [-0.39, 0.29) is 6.04 Å². The summed E-state index contributed by atoms with van der Waals surface area (Å²) in [6.45, 7) is 3.26. The van der Waals surface area contributed by atoms with Gasteiger partial charge in [0.2, 0.25) is 0 Å². The first-order valence-electron chi connectivity index (χ1n) is 8.82. The molecule has 0 amide bonds. The quantitative estimate of drug-likeness (QED) is 0.738. The lowest BCUT2D eigenvalue weighted by molar-refractivity contribution is 0.316. The van der Waals surface area contributed by atoms with Crippen LogP contribution in [0.2, 0.25) is 0 Å². The van der Waals surface area contributed by atoms with Crippen molar-refractivity contribution in [3.63, 3.8) is 0 Å². The minimum absolute atomic E-state index is 0.168. The molecule has 1 aliphatic heterocycles. The largest absolute Gasteiger partial charge is 0.336 e. The number of hydrogen-bond donors (Lipinski definition) is 1. The van der Waals surface area contributed by atoms with E-state index in [1.807, 2.05) is 12.4 Å². The van der Waals surface area contributed by atoms with Gasteiger partial charge in [0.05, 0.1) is 0 Å². The fourth-order valence-corrected chi connectivity index (χ4v) is 4.37. The number of nitrogens with zero attached hydrogens (tertiary/aromatic N) is 3. The zero-order valence-electron chi connectivity index (χ0n) is 14.5. The Morgan fingerprint density at radius 1 is 1.24 bits per heavy atom. The van der Waals surface area contributed by atoms with Gasteiger partial charge < -0.3 is 4.57 Å². The van der Waals surface area contributed by atoms with Crippen LogP contribution < -0.4 is 5.32 Å². The Morgan fingerprint density at radius 3 is 2.84 bits per heavy atom. The van der Waals surface area contributed by atoms with Gasteiger partial charge >= 0.3 is 0 Å². The summed E-state index contributed by atoms with van der Waals surface area (Å²) >= 11 is 1.80. The summed E-state index contributed by atoms with van der Waals surface area (Å²) in [7, 11) is 2.07. The molecule has 0 bridgehead atoms. The van der Waals surface area contributed by atoms with Crippen LogP contribution in [0.1, 0.15) is 28.7 Å². The third-order valence-electron chi connectivity index (χ3n) is 4.87. The van der Waals surface area contributed by atoms with Gasteiger partial charge in [-0.2, -0.15) is 0 Å². The summed E-state index contributed by atoms with van der Waals surface area (Å²) in [4.78, 5) is 8.46. The standard InChI is InChI=1S/C20H24N4S/c1-23-12-10-21-20(23)19(18-8-5-13-25-18)22-17-9-11-24(15-17)14-16-6-3-2-4-7-16/h2-8,10,12-13,17,19,22H,9,11,14-15H2,1H3. The molecule has 1 fully saturated rings. The van der Waals surface area contributed by atoms with Crippen LogP contribution in [0.3, 0.4) is 0 Å². The Bertz CT molecular complexity index is 781. The predicted molar refractivity (Wildman–Crippen MR) is 103 cm³/mol. The van der Waals surface area contributed by atoms with Gasteiger partial charge in [-0.05, 0) is 23.4 Å². The highest BCUT2D eigenvalue weighted by molar-refractivity contribution is 7.10. The fourth-order valence-electron chi connectivity index (χ4n) is 3.58. The van der Waals surface area contributed by atoms with Gasteiger partial charge in [0, 0.05) is 50.0 Å². The lowest BCUT2D eigenvalue weighted by atomic mass is 10.1. The summed E-state index contributed by atoms with van der Waals surface area (Å²) in [5, 5.41) is 6.00. The zero-order chi connectivity index (χ0) is 17.1. The van der Waals surface area contributed by atoms with Crippen molar-refractivity contribution in [1.29, 1.82) is 0 Å². The molecule has 4 rings (SSSR count). The van der Waals surface area contributed by atoms with Crippen LogP contribution in [0.15, 0.2) is 60.2 Å². The summed E-state index contributed by atoms with van der Waals surface area (Å²) in [6.07, 6.45) is 5.08. The van der Waals surface area contributed by atoms with E-state index >= 15 is 0 Å². The van der Waals surface area contributed by atoms with Crippen LogP contribution in [0.25, 0.3) is 0 Å². The molecule has 3 heterocycles. The van der Waals surface area contributed by atoms with Crippen molar-refractivity contribution >= 4 is 11.3 Å². The summed E-state index contributed by atoms with van der Waals surface area (Å²) in [6, 6.07) is 15.7. The summed E-state index contributed by atoms with van der Waals surface area (Å²) < 4.78 is 2.12. The number of rotatable bonds is 6. The van der Waals surface area contributed by atoms with E-state index in [9.17, 15) is 0 Å². The minimum atomic E-state index is 0.168. The predicted octanol–water partition coefficient (Wildman–Crippen LogP) is 3.44. The van der Waals surface area contributed by atoms with Crippen molar-refractivity contribution in [2.75, 3.05) is 13.1 Å². The van der Waals surface area contributed by atoms with E-state index < -0.39 is 0 Å². The molecule has 0 radical (unpaired) electrons. The molecular weight excluding hydrogens is 328 g/mol. The van der Waals surface area contributed by atoms with Crippen LogP contribution in [0, 0.1) is 0 Å². The lowest BCUT2D eigenvalue weighted by Gasteiger charge is -2.22. The first-order chi connectivity index (χ1) is 12.3. The molecule has 25 heavy (non-hydrogen) atoms. The maximum Gasteiger partial charge on any atom is 0.131 e. The van der Waals surface area contributed by atoms with E-state index in [1.54, 1.807) is 11.3 Å². The molecule has 2 unspecified atom stereocenters. The molecule has 5 heteroatoms. The SMILES string of the molecule is Cn1ccnc1C(NC1CCN(Cc2ccccc2)C1)c1cccs1. The second kappa shape index (κ2) is 7.52. The molecule has 130 valence electrons. The maximum atomic E-state index is 4.59. The summed E-state index contributed by atoms with van der Waals surface area (Å²) in [5.74, 6) is 1.09. The van der Waals surface area contributed by atoms with Crippen molar-refractivity contribution in [3.05, 3.63) is 76.5 Å². The minimum Gasteiger partial charge on any atom is -0.336 e. The van der Waals surface area contributed by atoms with E-state index in [1.165, 1.54) is 16.9 Å². The smallest absolute Gasteiger partial charge is 0.131 e. The Balaban J connectivity index is 1.44. The molecular formula is C20H24N4S. The normalized spacial score (nSPS) is 19.3. The number of nitrogens with one attached hydrogen (secondary N) is 1.